The Labute approximate surface area is 121 Å². The van der Waals surface area contributed by atoms with E-state index in [-0.39, 0.29) is 24.4 Å². The molecule has 0 aliphatic carbocycles. The molecule has 6 nitrogen and oxygen atoms in total. The predicted molar refractivity (Wildman–Crippen MR) is 78.9 cm³/mol. The quantitative estimate of drug-likeness (QED) is 0.889. The molecule has 2 aromatic rings. The molecule has 7 heteroatoms. The third-order valence-electron chi connectivity index (χ3n) is 2.78. The number of aryl methyl sites for hydroxylation is 2. The molecule has 2 aromatic heterocycles. The van der Waals surface area contributed by atoms with Crippen molar-refractivity contribution in [3.8, 4) is 0 Å². The van der Waals surface area contributed by atoms with E-state index in [0.717, 1.165) is 15.9 Å². The van der Waals surface area contributed by atoms with E-state index in [1.807, 2.05) is 33.9 Å². The molecule has 0 radical (unpaired) electrons. The lowest BCUT2D eigenvalue weighted by Gasteiger charge is -2.08. The number of carbonyl (C=O) groups is 2. The standard InChI is InChI=1S/C13H18N4O2S/c1-7(2)15-11(18)6-14-12(19)10-5-9-8(3)16-17(4)13(9)20-10/h5,7H,6H2,1-4H3,(H,14,19)(H,15,18). The summed E-state index contributed by atoms with van der Waals surface area (Å²) in [5, 5.41) is 10.6. The van der Waals surface area contributed by atoms with E-state index in [9.17, 15) is 9.59 Å². The second-order valence-corrected chi connectivity index (χ2v) is 5.97. The topological polar surface area (TPSA) is 76.0 Å². The van der Waals surface area contributed by atoms with Gasteiger partial charge in [0.15, 0.2) is 0 Å². The highest BCUT2D eigenvalue weighted by atomic mass is 32.1. The summed E-state index contributed by atoms with van der Waals surface area (Å²) in [5.41, 5.74) is 0.898. The molecular weight excluding hydrogens is 276 g/mol. The average molecular weight is 294 g/mol. The Kier molecular flexibility index (Phi) is 4.08. The Morgan fingerprint density at radius 1 is 1.45 bits per heavy atom. The molecule has 0 atom stereocenters. The summed E-state index contributed by atoms with van der Waals surface area (Å²) >= 11 is 1.38. The van der Waals surface area contributed by atoms with Crippen LogP contribution in [0.4, 0.5) is 0 Å². The van der Waals surface area contributed by atoms with E-state index >= 15 is 0 Å². The Morgan fingerprint density at radius 3 is 2.75 bits per heavy atom. The van der Waals surface area contributed by atoms with Crippen LogP contribution in [0.3, 0.4) is 0 Å². The van der Waals surface area contributed by atoms with Crippen LogP contribution in [0.25, 0.3) is 10.2 Å². The first-order valence-corrected chi connectivity index (χ1v) is 7.21. The van der Waals surface area contributed by atoms with Gasteiger partial charge in [0.25, 0.3) is 5.91 Å². The summed E-state index contributed by atoms with van der Waals surface area (Å²) < 4.78 is 1.76. The fraction of sp³-hybridized carbons (Fsp3) is 0.462. The lowest BCUT2D eigenvalue weighted by Crippen LogP contribution is -2.39. The van der Waals surface area contributed by atoms with Gasteiger partial charge in [0.1, 0.15) is 4.83 Å². The SMILES string of the molecule is Cc1nn(C)c2sc(C(=O)NCC(=O)NC(C)C)cc12. The maximum Gasteiger partial charge on any atom is 0.261 e. The molecule has 0 aliphatic rings. The summed E-state index contributed by atoms with van der Waals surface area (Å²) in [5.74, 6) is -0.420. The van der Waals surface area contributed by atoms with Crippen molar-refractivity contribution >= 4 is 33.4 Å². The molecule has 0 aromatic carbocycles. The zero-order valence-electron chi connectivity index (χ0n) is 12.0. The fourth-order valence-electron chi connectivity index (χ4n) is 1.94. The molecule has 2 N–H and O–H groups in total. The second-order valence-electron chi connectivity index (χ2n) is 4.94. The summed E-state index contributed by atoms with van der Waals surface area (Å²) in [6.07, 6.45) is 0. The highest BCUT2D eigenvalue weighted by Gasteiger charge is 2.15. The van der Waals surface area contributed by atoms with Gasteiger partial charge in [0.2, 0.25) is 5.91 Å². The molecular formula is C13H18N4O2S. The molecule has 0 aliphatic heterocycles. The largest absolute Gasteiger partial charge is 0.352 e. The van der Waals surface area contributed by atoms with Gasteiger partial charge in [-0.25, -0.2) is 0 Å². The van der Waals surface area contributed by atoms with Crippen LogP contribution < -0.4 is 10.6 Å². The normalized spacial score (nSPS) is 11.1. The Morgan fingerprint density at radius 2 is 2.15 bits per heavy atom. The summed E-state index contributed by atoms with van der Waals surface area (Å²) in [6.45, 7) is 5.65. The third kappa shape index (κ3) is 2.98. The number of nitrogens with one attached hydrogen (secondary N) is 2. The number of hydrogen-bond acceptors (Lipinski definition) is 4. The molecule has 0 saturated heterocycles. The average Bonchev–Trinajstić information content (AvgIpc) is 2.89. The monoisotopic (exact) mass is 294 g/mol. The van der Waals surface area contributed by atoms with Crippen LogP contribution in [-0.4, -0.2) is 34.2 Å². The van der Waals surface area contributed by atoms with Crippen LogP contribution in [0.15, 0.2) is 6.07 Å². The van der Waals surface area contributed by atoms with E-state index in [1.54, 1.807) is 4.68 Å². The van der Waals surface area contributed by atoms with E-state index in [1.165, 1.54) is 11.3 Å². The molecule has 0 spiro atoms. The van der Waals surface area contributed by atoms with Crippen molar-refractivity contribution in [1.29, 1.82) is 0 Å². The number of fused-ring (bicyclic) bond motifs is 1. The Hall–Kier alpha value is -1.89. The molecule has 0 bridgehead atoms. The Bertz CT molecular complexity index is 622. The molecule has 20 heavy (non-hydrogen) atoms. The van der Waals surface area contributed by atoms with Gasteiger partial charge in [-0.3, -0.25) is 14.3 Å². The lowest BCUT2D eigenvalue weighted by atomic mass is 10.3. The van der Waals surface area contributed by atoms with Crippen molar-refractivity contribution in [3.63, 3.8) is 0 Å². The van der Waals surface area contributed by atoms with E-state index in [0.29, 0.717) is 4.88 Å². The first-order chi connectivity index (χ1) is 9.38. The molecule has 2 rings (SSSR count). The van der Waals surface area contributed by atoms with Gasteiger partial charge in [0.05, 0.1) is 17.1 Å². The van der Waals surface area contributed by atoms with E-state index in [4.69, 9.17) is 0 Å². The zero-order valence-corrected chi connectivity index (χ0v) is 12.8. The first kappa shape index (κ1) is 14.5. The van der Waals surface area contributed by atoms with Crippen molar-refractivity contribution < 1.29 is 9.59 Å². The van der Waals surface area contributed by atoms with Gasteiger partial charge in [-0.1, -0.05) is 0 Å². The van der Waals surface area contributed by atoms with Gasteiger partial charge in [-0.15, -0.1) is 11.3 Å². The van der Waals surface area contributed by atoms with Crippen LogP contribution in [0.1, 0.15) is 29.2 Å². The number of nitrogens with zero attached hydrogens (tertiary/aromatic N) is 2. The van der Waals surface area contributed by atoms with E-state index < -0.39 is 0 Å². The van der Waals surface area contributed by atoms with Crippen molar-refractivity contribution in [3.05, 3.63) is 16.6 Å². The van der Waals surface area contributed by atoms with Crippen molar-refractivity contribution in [2.45, 2.75) is 26.8 Å². The number of hydrogen-bond donors (Lipinski definition) is 2. The van der Waals surface area contributed by atoms with Crippen LogP contribution in [0.2, 0.25) is 0 Å². The molecule has 0 saturated carbocycles. The van der Waals surface area contributed by atoms with Crippen LogP contribution in [0.5, 0.6) is 0 Å². The number of aromatic nitrogens is 2. The number of amides is 2. The lowest BCUT2D eigenvalue weighted by molar-refractivity contribution is -0.120. The minimum Gasteiger partial charge on any atom is -0.352 e. The summed E-state index contributed by atoms with van der Waals surface area (Å²) in [7, 11) is 1.85. The molecule has 0 unspecified atom stereocenters. The molecule has 2 amide bonds. The molecule has 0 fully saturated rings. The fourth-order valence-corrected chi connectivity index (χ4v) is 2.98. The predicted octanol–water partition coefficient (Wildman–Crippen LogP) is 1.20. The zero-order chi connectivity index (χ0) is 14.9. The minimum absolute atomic E-state index is 0.0114. The second kappa shape index (κ2) is 5.62. The van der Waals surface area contributed by atoms with Crippen LogP contribution >= 0.6 is 11.3 Å². The first-order valence-electron chi connectivity index (χ1n) is 6.39. The summed E-state index contributed by atoms with van der Waals surface area (Å²) in [6, 6.07) is 1.88. The van der Waals surface area contributed by atoms with E-state index in [2.05, 4.69) is 15.7 Å². The van der Waals surface area contributed by atoms with Gasteiger partial charge in [-0.2, -0.15) is 5.10 Å². The third-order valence-corrected chi connectivity index (χ3v) is 3.98. The molecule has 108 valence electrons. The van der Waals surface area contributed by atoms with Gasteiger partial charge < -0.3 is 10.6 Å². The number of thiophene rings is 1. The highest BCUT2D eigenvalue weighted by molar-refractivity contribution is 7.20. The Balaban J connectivity index is 2.04. The van der Waals surface area contributed by atoms with Crippen molar-refractivity contribution in [2.75, 3.05) is 6.54 Å². The maximum absolute atomic E-state index is 12.0. The van der Waals surface area contributed by atoms with Gasteiger partial charge >= 0.3 is 0 Å². The van der Waals surface area contributed by atoms with Crippen LogP contribution in [0, 0.1) is 6.92 Å². The summed E-state index contributed by atoms with van der Waals surface area (Å²) in [4.78, 5) is 25.0. The smallest absolute Gasteiger partial charge is 0.261 e. The number of rotatable bonds is 4. The number of carbonyl (C=O) groups excluding carboxylic acids is 2. The molecule has 2 heterocycles. The van der Waals surface area contributed by atoms with Gasteiger partial charge in [-0.05, 0) is 26.8 Å². The van der Waals surface area contributed by atoms with Crippen molar-refractivity contribution in [2.24, 2.45) is 7.05 Å². The highest BCUT2D eigenvalue weighted by Crippen LogP contribution is 2.27. The van der Waals surface area contributed by atoms with Gasteiger partial charge in [0, 0.05) is 18.5 Å². The van der Waals surface area contributed by atoms with Crippen molar-refractivity contribution in [1.82, 2.24) is 20.4 Å². The minimum atomic E-state index is -0.232. The van der Waals surface area contributed by atoms with Crippen LogP contribution in [-0.2, 0) is 11.8 Å². The maximum atomic E-state index is 12.0.